The van der Waals surface area contributed by atoms with E-state index in [4.69, 9.17) is 16.3 Å². The molecule has 2 aromatic rings. The van der Waals surface area contributed by atoms with E-state index < -0.39 is 35.9 Å². The minimum atomic E-state index is -0.823. The molecule has 2 N–H and O–H groups in total. The summed E-state index contributed by atoms with van der Waals surface area (Å²) in [5.74, 6) is -2.03. The molecule has 0 fully saturated rings. The molecule has 0 atom stereocenters. The average molecular weight is 398 g/mol. The number of nitro benzene ring substituents is 1. The fourth-order valence-corrected chi connectivity index (χ4v) is 2.60. The van der Waals surface area contributed by atoms with E-state index in [9.17, 15) is 24.5 Å². The Bertz CT molecular complexity index is 840. The van der Waals surface area contributed by atoms with Gasteiger partial charge in [0.25, 0.3) is 17.5 Å². The van der Waals surface area contributed by atoms with Gasteiger partial charge in [-0.1, -0.05) is 17.7 Å². The topological polar surface area (TPSA) is 128 Å². The number of esters is 1. The van der Waals surface area contributed by atoms with Crippen molar-refractivity contribution in [3.05, 3.63) is 55.7 Å². The molecule has 2 rings (SSSR count). The lowest BCUT2D eigenvalue weighted by atomic mass is 10.2. The van der Waals surface area contributed by atoms with Gasteiger partial charge in [0.15, 0.2) is 6.61 Å². The summed E-state index contributed by atoms with van der Waals surface area (Å²) < 4.78 is 4.71. The van der Waals surface area contributed by atoms with E-state index >= 15 is 0 Å². The van der Waals surface area contributed by atoms with Crippen molar-refractivity contribution in [2.75, 3.05) is 18.5 Å². The van der Waals surface area contributed by atoms with E-state index in [2.05, 4.69) is 10.6 Å². The van der Waals surface area contributed by atoms with E-state index in [0.717, 1.165) is 6.07 Å². The van der Waals surface area contributed by atoms with Gasteiger partial charge in [0.1, 0.15) is 12.2 Å². The van der Waals surface area contributed by atoms with Crippen LogP contribution < -0.4 is 10.6 Å². The lowest BCUT2D eigenvalue weighted by Gasteiger charge is -2.08. The normalized spacial score (nSPS) is 10.0. The van der Waals surface area contributed by atoms with Crippen molar-refractivity contribution in [1.29, 1.82) is 0 Å². The molecule has 1 heterocycles. The van der Waals surface area contributed by atoms with E-state index in [1.54, 1.807) is 17.5 Å². The molecule has 0 aliphatic rings. The van der Waals surface area contributed by atoms with Crippen LogP contribution in [-0.2, 0) is 14.3 Å². The first kappa shape index (κ1) is 19.3. The molecule has 1 aromatic heterocycles. The number of amides is 2. The van der Waals surface area contributed by atoms with E-state index in [0.29, 0.717) is 4.88 Å². The average Bonchev–Trinajstić information content (AvgIpc) is 3.14. The van der Waals surface area contributed by atoms with Gasteiger partial charge in [-0.05, 0) is 23.6 Å². The Hall–Kier alpha value is -2.98. The second kappa shape index (κ2) is 8.92. The standard InChI is InChI=1S/C15H12ClN3O6S/c16-9-3-4-10(11(6-9)19(23)24)18-13(20)8-25-14(21)7-17-15(22)12-2-1-5-26-12/h1-6H,7-8H2,(H,17,22)(H,18,20). The number of carbonyl (C=O) groups excluding carboxylic acids is 3. The summed E-state index contributed by atoms with van der Waals surface area (Å²) in [6.07, 6.45) is 0. The van der Waals surface area contributed by atoms with Crippen LogP contribution in [0.1, 0.15) is 9.67 Å². The van der Waals surface area contributed by atoms with Gasteiger partial charge < -0.3 is 15.4 Å². The summed E-state index contributed by atoms with van der Waals surface area (Å²) >= 11 is 6.89. The summed E-state index contributed by atoms with van der Waals surface area (Å²) in [6, 6.07) is 7.01. The van der Waals surface area contributed by atoms with Crippen LogP contribution in [0.5, 0.6) is 0 Å². The van der Waals surface area contributed by atoms with Gasteiger partial charge in [-0.2, -0.15) is 0 Å². The molecule has 0 saturated heterocycles. The summed E-state index contributed by atoms with van der Waals surface area (Å²) in [4.78, 5) is 45.7. The van der Waals surface area contributed by atoms with Crippen molar-refractivity contribution in [3.63, 3.8) is 0 Å². The molecule has 0 aliphatic carbocycles. The van der Waals surface area contributed by atoms with Gasteiger partial charge in [-0.25, -0.2) is 0 Å². The SMILES string of the molecule is O=C(COC(=O)CNC(=O)c1cccs1)Nc1ccc(Cl)cc1[N+](=O)[O-]. The monoisotopic (exact) mass is 397 g/mol. The Kier molecular flexibility index (Phi) is 6.64. The highest BCUT2D eigenvalue weighted by atomic mass is 35.5. The number of nitrogens with one attached hydrogen (secondary N) is 2. The van der Waals surface area contributed by atoms with Crippen LogP contribution >= 0.6 is 22.9 Å². The molecule has 136 valence electrons. The molecule has 2 amide bonds. The zero-order valence-corrected chi connectivity index (χ0v) is 14.6. The second-order valence-electron chi connectivity index (χ2n) is 4.79. The smallest absolute Gasteiger partial charge is 0.325 e. The number of hydrogen-bond donors (Lipinski definition) is 2. The number of rotatable bonds is 7. The zero-order valence-electron chi connectivity index (χ0n) is 13.1. The number of carbonyl (C=O) groups is 3. The first-order valence-electron chi connectivity index (χ1n) is 7.08. The van der Waals surface area contributed by atoms with Gasteiger partial charge >= 0.3 is 5.97 Å². The highest BCUT2D eigenvalue weighted by Crippen LogP contribution is 2.27. The maximum Gasteiger partial charge on any atom is 0.325 e. The maximum atomic E-state index is 11.8. The van der Waals surface area contributed by atoms with Crippen molar-refractivity contribution < 1.29 is 24.0 Å². The van der Waals surface area contributed by atoms with Crippen LogP contribution in [0.4, 0.5) is 11.4 Å². The van der Waals surface area contributed by atoms with Crippen molar-refractivity contribution >= 4 is 52.1 Å². The molecule has 0 radical (unpaired) electrons. The van der Waals surface area contributed by atoms with Crippen LogP contribution in [0.25, 0.3) is 0 Å². The number of anilines is 1. The van der Waals surface area contributed by atoms with Gasteiger partial charge in [0.2, 0.25) is 0 Å². The van der Waals surface area contributed by atoms with Crippen LogP contribution in [0.2, 0.25) is 5.02 Å². The molecule has 9 nitrogen and oxygen atoms in total. The van der Waals surface area contributed by atoms with Gasteiger partial charge in [-0.15, -0.1) is 11.3 Å². The Morgan fingerprint density at radius 1 is 1.27 bits per heavy atom. The Morgan fingerprint density at radius 3 is 2.69 bits per heavy atom. The lowest BCUT2D eigenvalue weighted by molar-refractivity contribution is -0.383. The molecule has 0 spiro atoms. The fraction of sp³-hybridized carbons (Fsp3) is 0.133. The lowest BCUT2D eigenvalue weighted by Crippen LogP contribution is -2.31. The fourth-order valence-electron chi connectivity index (χ4n) is 1.79. The van der Waals surface area contributed by atoms with E-state index in [1.165, 1.54) is 23.5 Å². The third-order valence-corrected chi connectivity index (χ3v) is 4.04. The van der Waals surface area contributed by atoms with Crippen LogP contribution in [0.3, 0.4) is 0 Å². The third-order valence-electron chi connectivity index (χ3n) is 2.93. The predicted octanol–water partition coefficient (Wildman–Crippen LogP) is 2.22. The maximum absolute atomic E-state index is 11.8. The molecule has 1 aromatic carbocycles. The quantitative estimate of drug-likeness (QED) is 0.419. The summed E-state index contributed by atoms with van der Waals surface area (Å²) in [5, 5.41) is 17.4. The van der Waals surface area contributed by atoms with Crippen LogP contribution in [0, 0.1) is 10.1 Å². The largest absolute Gasteiger partial charge is 0.454 e. The number of nitro groups is 1. The summed E-state index contributed by atoms with van der Waals surface area (Å²) in [5.41, 5.74) is -0.466. The Labute approximate surface area is 156 Å². The summed E-state index contributed by atoms with van der Waals surface area (Å²) in [7, 11) is 0. The highest BCUT2D eigenvalue weighted by molar-refractivity contribution is 7.12. The van der Waals surface area contributed by atoms with Crippen molar-refractivity contribution in [2.24, 2.45) is 0 Å². The van der Waals surface area contributed by atoms with Crippen LogP contribution in [0.15, 0.2) is 35.7 Å². The molecular weight excluding hydrogens is 386 g/mol. The number of thiophene rings is 1. The first-order valence-corrected chi connectivity index (χ1v) is 8.33. The zero-order chi connectivity index (χ0) is 19.1. The first-order chi connectivity index (χ1) is 12.4. The predicted molar refractivity (Wildman–Crippen MR) is 94.3 cm³/mol. The molecule has 26 heavy (non-hydrogen) atoms. The van der Waals surface area contributed by atoms with E-state index in [1.807, 2.05) is 0 Å². The molecule has 0 aliphatic heterocycles. The number of ether oxygens (including phenoxy) is 1. The molecule has 0 saturated carbocycles. The minimum Gasteiger partial charge on any atom is -0.454 e. The number of hydrogen-bond acceptors (Lipinski definition) is 7. The van der Waals surface area contributed by atoms with Gasteiger partial charge in [0, 0.05) is 11.1 Å². The van der Waals surface area contributed by atoms with Crippen molar-refractivity contribution in [2.45, 2.75) is 0 Å². The Morgan fingerprint density at radius 2 is 2.04 bits per heavy atom. The van der Waals surface area contributed by atoms with Gasteiger partial charge in [0.05, 0.1) is 9.80 Å². The Balaban J connectivity index is 1.80. The number of nitrogens with zero attached hydrogens (tertiary/aromatic N) is 1. The number of halogens is 1. The van der Waals surface area contributed by atoms with Crippen LogP contribution in [-0.4, -0.2) is 35.9 Å². The molecule has 0 bridgehead atoms. The molecular formula is C15H12ClN3O6S. The highest BCUT2D eigenvalue weighted by Gasteiger charge is 2.17. The third kappa shape index (κ3) is 5.53. The van der Waals surface area contributed by atoms with Crippen molar-refractivity contribution in [3.8, 4) is 0 Å². The van der Waals surface area contributed by atoms with Crippen molar-refractivity contribution in [1.82, 2.24) is 5.32 Å². The molecule has 11 heteroatoms. The second-order valence-corrected chi connectivity index (χ2v) is 6.17. The van der Waals surface area contributed by atoms with E-state index in [-0.39, 0.29) is 16.4 Å². The summed E-state index contributed by atoms with van der Waals surface area (Å²) in [6.45, 7) is -1.07. The minimum absolute atomic E-state index is 0.0774. The number of benzene rings is 1. The molecule has 0 unspecified atom stereocenters. The van der Waals surface area contributed by atoms with Gasteiger partial charge in [-0.3, -0.25) is 24.5 Å².